The van der Waals surface area contributed by atoms with E-state index >= 15 is 0 Å². The van der Waals surface area contributed by atoms with Gasteiger partial charge in [-0.25, -0.2) is 0 Å². The Bertz CT molecular complexity index is 307. The van der Waals surface area contributed by atoms with Crippen LogP contribution in [0.5, 0.6) is 0 Å². The van der Waals surface area contributed by atoms with Gasteiger partial charge in [-0.15, -0.1) is 0 Å². The quantitative estimate of drug-likeness (QED) is 0.423. The summed E-state index contributed by atoms with van der Waals surface area (Å²) in [5.74, 6) is 1.12. The van der Waals surface area contributed by atoms with Crippen molar-refractivity contribution in [3.63, 3.8) is 0 Å². The van der Waals surface area contributed by atoms with Gasteiger partial charge in [0.1, 0.15) is 0 Å². The fourth-order valence-electron chi connectivity index (χ4n) is 3.41. The molecule has 0 bridgehead atoms. The number of rotatable bonds is 8. The average molecular weight is 309 g/mol. The van der Waals surface area contributed by atoms with E-state index in [0.717, 1.165) is 25.7 Å². The number of likely N-dealkylation sites (tertiary alicyclic amines) is 1. The molecule has 1 aliphatic heterocycles. The third-order valence-electron chi connectivity index (χ3n) is 4.71. The van der Waals surface area contributed by atoms with Gasteiger partial charge in [-0.2, -0.15) is 0 Å². The van der Waals surface area contributed by atoms with Crippen LogP contribution in [-0.4, -0.2) is 49.7 Å². The highest BCUT2D eigenvalue weighted by atomic mass is 16.5. The Balaban J connectivity index is 1.51. The summed E-state index contributed by atoms with van der Waals surface area (Å²) >= 11 is 0. The van der Waals surface area contributed by atoms with Gasteiger partial charge in [-0.05, 0) is 51.9 Å². The first-order chi connectivity index (χ1) is 10.9. The second-order valence-electron chi connectivity index (χ2n) is 6.62. The van der Waals surface area contributed by atoms with Crippen LogP contribution in [-0.2, 0) is 4.74 Å². The summed E-state index contributed by atoms with van der Waals surface area (Å²) in [4.78, 5) is 7.17. The van der Waals surface area contributed by atoms with Gasteiger partial charge in [0.25, 0.3) is 0 Å². The van der Waals surface area contributed by atoms with Crippen LogP contribution in [0.15, 0.2) is 4.99 Å². The van der Waals surface area contributed by atoms with E-state index in [1.807, 2.05) is 0 Å². The second-order valence-corrected chi connectivity index (χ2v) is 6.62. The van der Waals surface area contributed by atoms with E-state index in [1.54, 1.807) is 0 Å². The van der Waals surface area contributed by atoms with Crippen LogP contribution in [0.3, 0.4) is 0 Å². The highest BCUT2D eigenvalue weighted by molar-refractivity contribution is 5.80. The molecule has 0 aromatic heterocycles. The standard InChI is InChI=1S/C18H35N3O/c1-2-19-18(21-14-8-9-15-21)20-13-7-4-10-16-22-17-11-5-3-6-12-17/h17H,2-16H2,1H3,(H,19,20). The number of guanidine groups is 1. The summed E-state index contributed by atoms with van der Waals surface area (Å²) in [7, 11) is 0. The van der Waals surface area contributed by atoms with Crippen molar-refractivity contribution in [2.24, 2.45) is 4.99 Å². The lowest BCUT2D eigenvalue weighted by atomic mass is 9.98. The van der Waals surface area contributed by atoms with Crippen molar-refractivity contribution in [2.45, 2.75) is 77.2 Å². The maximum Gasteiger partial charge on any atom is 0.193 e. The lowest BCUT2D eigenvalue weighted by Gasteiger charge is -2.22. The molecule has 1 saturated carbocycles. The number of unbranched alkanes of at least 4 members (excludes halogenated alkanes) is 2. The van der Waals surface area contributed by atoms with Crippen LogP contribution in [0, 0.1) is 0 Å². The van der Waals surface area contributed by atoms with Crippen LogP contribution >= 0.6 is 0 Å². The van der Waals surface area contributed by atoms with Crippen molar-refractivity contribution in [1.82, 2.24) is 10.2 Å². The van der Waals surface area contributed by atoms with E-state index in [9.17, 15) is 0 Å². The minimum absolute atomic E-state index is 0.558. The van der Waals surface area contributed by atoms with Crippen LogP contribution in [0.25, 0.3) is 0 Å². The molecule has 1 N–H and O–H groups in total. The van der Waals surface area contributed by atoms with E-state index in [-0.39, 0.29) is 0 Å². The fraction of sp³-hybridized carbons (Fsp3) is 0.944. The number of hydrogen-bond donors (Lipinski definition) is 1. The molecule has 0 atom stereocenters. The Morgan fingerprint density at radius 1 is 1.05 bits per heavy atom. The molecule has 128 valence electrons. The minimum atomic E-state index is 0.558. The van der Waals surface area contributed by atoms with Crippen LogP contribution in [0.1, 0.15) is 71.1 Å². The molecule has 0 aromatic carbocycles. The zero-order chi connectivity index (χ0) is 15.5. The van der Waals surface area contributed by atoms with Gasteiger partial charge in [-0.1, -0.05) is 19.3 Å². The highest BCUT2D eigenvalue weighted by Gasteiger charge is 2.15. The van der Waals surface area contributed by atoms with Gasteiger partial charge in [0.2, 0.25) is 0 Å². The summed E-state index contributed by atoms with van der Waals surface area (Å²) in [5.41, 5.74) is 0. The number of aliphatic imine (C=N–C) groups is 1. The first-order valence-corrected chi connectivity index (χ1v) is 9.55. The number of ether oxygens (including phenoxy) is 1. The first-order valence-electron chi connectivity index (χ1n) is 9.55. The molecule has 4 nitrogen and oxygen atoms in total. The first kappa shape index (κ1) is 17.6. The summed E-state index contributed by atoms with van der Waals surface area (Å²) in [5, 5.41) is 3.42. The molecule has 4 heteroatoms. The molecule has 1 saturated heterocycles. The monoisotopic (exact) mass is 309 g/mol. The Labute approximate surface area is 136 Å². The predicted molar refractivity (Wildman–Crippen MR) is 93.5 cm³/mol. The van der Waals surface area contributed by atoms with Crippen molar-refractivity contribution >= 4 is 5.96 Å². The molecule has 0 spiro atoms. The lowest BCUT2D eigenvalue weighted by molar-refractivity contribution is 0.0264. The molecule has 22 heavy (non-hydrogen) atoms. The highest BCUT2D eigenvalue weighted by Crippen LogP contribution is 2.20. The minimum Gasteiger partial charge on any atom is -0.378 e. The van der Waals surface area contributed by atoms with E-state index in [0.29, 0.717) is 6.10 Å². The van der Waals surface area contributed by atoms with E-state index < -0.39 is 0 Å². The van der Waals surface area contributed by atoms with Crippen molar-refractivity contribution in [1.29, 1.82) is 0 Å². The van der Waals surface area contributed by atoms with E-state index in [4.69, 9.17) is 9.73 Å². The predicted octanol–water partition coefficient (Wildman–Crippen LogP) is 3.57. The molecular weight excluding hydrogens is 274 g/mol. The third kappa shape index (κ3) is 6.55. The number of nitrogens with one attached hydrogen (secondary N) is 1. The molecule has 0 unspecified atom stereocenters. The van der Waals surface area contributed by atoms with Crippen molar-refractivity contribution in [3.8, 4) is 0 Å². The molecule has 2 rings (SSSR count). The molecule has 0 amide bonds. The Morgan fingerprint density at radius 3 is 2.55 bits per heavy atom. The molecular formula is C18H35N3O. The summed E-state index contributed by atoms with van der Waals surface area (Å²) in [6.07, 6.45) is 13.5. The van der Waals surface area contributed by atoms with Gasteiger partial charge in [0, 0.05) is 32.8 Å². The zero-order valence-electron chi connectivity index (χ0n) is 14.5. The van der Waals surface area contributed by atoms with Gasteiger partial charge >= 0.3 is 0 Å². The van der Waals surface area contributed by atoms with Gasteiger partial charge in [-0.3, -0.25) is 4.99 Å². The Morgan fingerprint density at radius 2 is 1.82 bits per heavy atom. The maximum atomic E-state index is 5.97. The third-order valence-corrected chi connectivity index (χ3v) is 4.71. The van der Waals surface area contributed by atoms with Gasteiger partial charge < -0.3 is 15.0 Å². The van der Waals surface area contributed by atoms with Crippen LogP contribution in [0.4, 0.5) is 0 Å². The molecule has 0 aromatic rings. The van der Waals surface area contributed by atoms with Crippen LogP contribution < -0.4 is 5.32 Å². The molecule has 2 fully saturated rings. The normalized spacial score (nSPS) is 20.6. The largest absolute Gasteiger partial charge is 0.378 e. The maximum absolute atomic E-state index is 5.97. The Hall–Kier alpha value is -0.770. The summed E-state index contributed by atoms with van der Waals surface area (Å²) in [6, 6.07) is 0. The summed E-state index contributed by atoms with van der Waals surface area (Å²) in [6.45, 7) is 7.34. The Kier molecular flexibility index (Phi) is 8.69. The second kappa shape index (κ2) is 10.9. The molecule has 0 radical (unpaired) electrons. The topological polar surface area (TPSA) is 36.9 Å². The van der Waals surface area contributed by atoms with Gasteiger partial charge in [0.05, 0.1) is 6.10 Å². The fourth-order valence-corrected chi connectivity index (χ4v) is 3.41. The number of hydrogen-bond acceptors (Lipinski definition) is 2. The van der Waals surface area contributed by atoms with Crippen molar-refractivity contribution in [3.05, 3.63) is 0 Å². The zero-order valence-corrected chi connectivity index (χ0v) is 14.5. The van der Waals surface area contributed by atoms with Crippen molar-refractivity contribution in [2.75, 3.05) is 32.8 Å². The lowest BCUT2D eigenvalue weighted by Crippen LogP contribution is -2.39. The van der Waals surface area contributed by atoms with E-state index in [2.05, 4.69) is 17.1 Å². The summed E-state index contributed by atoms with van der Waals surface area (Å²) < 4.78 is 5.97. The smallest absolute Gasteiger partial charge is 0.193 e. The van der Waals surface area contributed by atoms with Crippen molar-refractivity contribution < 1.29 is 4.74 Å². The van der Waals surface area contributed by atoms with Crippen LogP contribution in [0.2, 0.25) is 0 Å². The molecule has 1 aliphatic carbocycles. The molecule has 2 aliphatic rings. The van der Waals surface area contributed by atoms with Gasteiger partial charge in [0.15, 0.2) is 5.96 Å². The van der Waals surface area contributed by atoms with E-state index in [1.165, 1.54) is 77.3 Å². The number of nitrogens with zero attached hydrogens (tertiary/aromatic N) is 2. The molecule has 1 heterocycles. The average Bonchev–Trinajstić information content (AvgIpc) is 3.08. The SMILES string of the molecule is CCNC(=NCCCCCOC1CCCCC1)N1CCCC1.